The lowest BCUT2D eigenvalue weighted by Gasteiger charge is -2.06. The number of ether oxygens (including phenoxy) is 2. The van der Waals surface area contributed by atoms with E-state index in [0.29, 0.717) is 0 Å². The number of carbonyl (C=O) groups is 2. The van der Waals surface area contributed by atoms with Crippen LogP contribution in [0.5, 0.6) is 5.88 Å². The Morgan fingerprint density at radius 1 is 1.56 bits per heavy atom. The molecule has 0 fully saturated rings. The number of methoxy groups -OCH3 is 1. The molecule has 18 heavy (non-hydrogen) atoms. The zero-order valence-electron chi connectivity index (χ0n) is 9.89. The molecule has 1 aromatic rings. The molecule has 0 atom stereocenters. The molecule has 0 aliphatic rings. The van der Waals surface area contributed by atoms with Crippen LogP contribution < -0.4 is 10.1 Å². The van der Waals surface area contributed by atoms with Gasteiger partial charge in [0.2, 0.25) is 5.88 Å². The Bertz CT molecular complexity index is 508. The number of nitriles is 1. The lowest BCUT2D eigenvalue weighted by atomic mass is 10.2. The zero-order valence-corrected chi connectivity index (χ0v) is 9.89. The molecule has 0 aromatic carbocycles. The number of carbonyl (C=O) groups excluding carboxylic acids is 2. The van der Waals surface area contributed by atoms with E-state index in [9.17, 15) is 9.59 Å². The van der Waals surface area contributed by atoms with Crippen molar-refractivity contribution in [3.8, 4) is 11.9 Å². The van der Waals surface area contributed by atoms with Crippen LogP contribution in [0, 0.1) is 11.3 Å². The van der Waals surface area contributed by atoms with E-state index in [1.165, 1.54) is 19.4 Å². The van der Waals surface area contributed by atoms with Gasteiger partial charge in [0, 0.05) is 0 Å². The molecule has 1 rings (SSSR count). The number of hydrogen-bond donors (Lipinski definition) is 1. The second-order valence-electron chi connectivity index (χ2n) is 3.07. The highest BCUT2D eigenvalue weighted by molar-refractivity contribution is 6.37. The highest BCUT2D eigenvalue weighted by atomic mass is 16.5. The fourth-order valence-corrected chi connectivity index (χ4v) is 1.14. The van der Waals surface area contributed by atoms with Gasteiger partial charge < -0.3 is 14.8 Å². The molecule has 0 spiro atoms. The van der Waals surface area contributed by atoms with E-state index in [4.69, 9.17) is 10.00 Å². The molecule has 0 radical (unpaired) electrons. The van der Waals surface area contributed by atoms with Gasteiger partial charge in [0.25, 0.3) is 0 Å². The van der Waals surface area contributed by atoms with Crippen LogP contribution >= 0.6 is 0 Å². The third kappa shape index (κ3) is 3.18. The zero-order chi connectivity index (χ0) is 13.5. The van der Waals surface area contributed by atoms with Crippen LogP contribution in [0.15, 0.2) is 12.3 Å². The molecular formula is C11H11N3O4. The monoisotopic (exact) mass is 249 g/mol. The lowest BCUT2D eigenvalue weighted by Crippen LogP contribution is -2.25. The van der Waals surface area contributed by atoms with E-state index in [1.54, 1.807) is 6.92 Å². The normalized spacial score (nSPS) is 9.17. The Kier molecular flexibility index (Phi) is 4.63. The second-order valence-corrected chi connectivity index (χ2v) is 3.07. The average molecular weight is 249 g/mol. The number of rotatable bonds is 3. The lowest BCUT2D eigenvalue weighted by molar-refractivity contribution is -0.152. The minimum atomic E-state index is -0.994. The Balaban J connectivity index is 2.83. The second kappa shape index (κ2) is 6.20. The average Bonchev–Trinajstić information content (AvgIpc) is 2.38. The van der Waals surface area contributed by atoms with Crippen LogP contribution in [0.1, 0.15) is 12.5 Å². The minimum Gasteiger partial charge on any atom is -0.480 e. The molecule has 1 N–H and O–H groups in total. The fraction of sp³-hybridized carbons (Fsp3) is 0.273. The summed E-state index contributed by atoms with van der Waals surface area (Å²) in [5.74, 6) is -1.77. The number of hydrogen-bond acceptors (Lipinski definition) is 6. The maximum atomic E-state index is 11.3. The number of pyridine rings is 1. The summed E-state index contributed by atoms with van der Waals surface area (Å²) in [6.45, 7) is 1.70. The van der Waals surface area contributed by atoms with Crippen molar-refractivity contribution in [2.45, 2.75) is 6.92 Å². The summed E-state index contributed by atoms with van der Waals surface area (Å²) >= 11 is 0. The highest BCUT2D eigenvalue weighted by Crippen LogP contribution is 2.17. The summed E-state index contributed by atoms with van der Waals surface area (Å²) in [5, 5.41) is 11.1. The van der Waals surface area contributed by atoms with Crippen LogP contribution in [0.4, 0.5) is 5.69 Å². The number of nitrogens with zero attached hydrogens (tertiary/aromatic N) is 2. The molecule has 0 aliphatic heterocycles. The number of aromatic nitrogens is 1. The van der Waals surface area contributed by atoms with Gasteiger partial charge in [0.15, 0.2) is 0 Å². The van der Waals surface area contributed by atoms with E-state index in [2.05, 4.69) is 15.0 Å². The minimum absolute atomic E-state index is 0.108. The molecule has 0 saturated carbocycles. The van der Waals surface area contributed by atoms with Crippen LogP contribution in [0.25, 0.3) is 0 Å². The predicted molar refractivity (Wildman–Crippen MR) is 60.8 cm³/mol. The van der Waals surface area contributed by atoms with Gasteiger partial charge in [-0.05, 0) is 13.0 Å². The van der Waals surface area contributed by atoms with Gasteiger partial charge in [0.05, 0.1) is 25.6 Å². The number of amides is 1. The summed E-state index contributed by atoms with van der Waals surface area (Å²) in [5.41, 5.74) is 0.365. The topological polar surface area (TPSA) is 101 Å². The van der Waals surface area contributed by atoms with E-state index in [-0.39, 0.29) is 23.7 Å². The number of esters is 1. The van der Waals surface area contributed by atoms with Crippen molar-refractivity contribution in [2.24, 2.45) is 0 Å². The van der Waals surface area contributed by atoms with Gasteiger partial charge in [-0.25, -0.2) is 9.78 Å². The van der Waals surface area contributed by atoms with Crippen LogP contribution in [-0.4, -0.2) is 30.6 Å². The summed E-state index contributed by atoms with van der Waals surface area (Å²) in [4.78, 5) is 26.2. The molecule has 0 aliphatic carbocycles. The van der Waals surface area contributed by atoms with Crippen molar-refractivity contribution in [3.63, 3.8) is 0 Å². The molecule has 1 aromatic heterocycles. The van der Waals surface area contributed by atoms with Crippen molar-refractivity contribution < 1.29 is 19.1 Å². The number of anilines is 1. The van der Waals surface area contributed by atoms with E-state index >= 15 is 0 Å². The molecular weight excluding hydrogens is 238 g/mol. The first kappa shape index (κ1) is 13.4. The molecule has 7 nitrogen and oxygen atoms in total. The van der Waals surface area contributed by atoms with Crippen molar-refractivity contribution >= 4 is 17.6 Å². The fourth-order valence-electron chi connectivity index (χ4n) is 1.14. The SMILES string of the molecule is CCOC(=O)C(=O)Nc1cnc(OC)c(C#N)c1. The largest absolute Gasteiger partial charge is 0.480 e. The maximum absolute atomic E-state index is 11.3. The van der Waals surface area contributed by atoms with Crippen molar-refractivity contribution in [2.75, 3.05) is 19.0 Å². The van der Waals surface area contributed by atoms with Crippen LogP contribution in [0.2, 0.25) is 0 Å². The summed E-state index contributed by atoms with van der Waals surface area (Å²) in [6.07, 6.45) is 1.27. The van der Waals surface area contributed by atoms with Crippen molar-refractivity contribution in [1.82, 2.24) is 4.98 Å². The first-order valence-corrected chi connectivity index (χ1v) is 5.04. The molecule has 1 amide bonds. The standard InChI is InChI=1S/C11H11N3O4/c1-3-18-11(16)9(15)14-8-4-7(5-12)10(17-2)13-6-8/h4,6H,3H2,1-2H3,(H,14,15). The Morgan fingerprint density at radius 3 is 2.83 bits per heavy atom. The molecule has 0 bridgehead atoms. The van der Waals surface area contributed by atoms with Gasteiger partial charge in [-0.1, -0.05) is 0 Å². The third-order valence-electron chi connectivity index (χ3n) is 1.88. The van der Waals surface area contributed by atoms with Crippen LogP contribution in [0.3, 0.4) is 0 Å². The Hall–Kier alpha value is -2.62. The molecule has 0 saturated heterocycles. The molecule has 7 heteroatoms. The quantitative estimate of drug-likeness (QED) is 0.617. The molecule has 0 unspecified atom stereocenters. The van der Waals surface area contributed by atoms with Crippen molar-refractivity contribution in [3.05, 3.63) is 17.8 Å². The Labute approximate surface area is 103 Å². The first-order valence-electron chi connectivity index (χ1n) is 5.04. The summed E-state index contributed by atoms with van der Waals surface area (Å²) in [6, 6.07) is 3.21. The molecule has 94 valence electrons. The van der Waals surface area contributed by atoms with E-state index in [0.717, 1.165) is 0 Å². The summed E-state index contributed by atoms with van der Waals surface area (Å²) in [7, 11) is 1.38. The van der Waals surface area contributed by atoms with Gasteiger partial charge >= 0.3 is 11.9 Å². The third-order valence-corrected chi connectivity index (χ3v) is 1.88. The molecule has 1 heterocycles. The van der Waals surface area contributed by atoms with Crippen LogP contribution in [-0.2, 0) is 14.3 Å². The summed E-state index contributed by atoms with van der Waals surface area (Å²) < 4.78 is 9.36. The highest BCUT2D eigenvalue weighted by Gasteiger charge is 2.15. The van der Waals surface area contributed by atoms with Gasteiger partial charge in [-0.3, -0.25) is 4.79 Å². The van der Waals surface area contributed by atoms with E-state index < -0.39 is 11.9 Å². The first-order chi connectivity index (χ1) is 8.62. The van der Waals surface area contributed by atoms with Gasteiger partial charge in [-0.2, -0.15) is 5.26 Å². The Morgan fingerprint density at radius 2 is 2.28 bits per heavy atom. The predicted octanol–water partition coefficient (Wildman–Crippen LogP) is 0.463. The van der Waals surface area contributed by atoms with E-state index in [1.807, 2.05) is 6.07 Å². The van der Waals surface area contributed by atoms with Crippen molar-refractivity contribution in [1.29, 1.82) is 5.26 Å². The van der Waals surface area contributed by atoms with Gasteiger partial charge in [-0.15, -0.1) is 0 Å². The smallest absolute Gasteiger partial charge is 0.397 e. The maximum Gasteiger partial charge on any atom is 0.397 e. The number of nitrogens with one attached hydrogen (secondary N) is 1. The van der Waals surface area contributed by atoms with Gasteiger partial charge in [0.1, 0.15) is 11.6 Å².